The van der Waals surface area contributed by atoms with Crippen LogP contribution in [-0.2, 0) is 27.2 Å². The molecule has 0 fully saturated rings. The summed E-state index contributed by atoms with van der Waals surface area (Å²) in [5.41, 5.74) is 5.57. The van der Waals surface area contributed by atoms with Gasteiger partial charge in [-0.25, -0.2) is 24.7 Å². The quantitative estimate of drug-likeness (QED) is 0.120. The number of rotatable bonds is 12. The molecule has 8 rings (SSSR count). The van der Waals surface area contributed by atoms with Crippen LogP contribution in [0.5, 0.6) is 11.5 Å². The molecule has 2 aliphatic heterocycles. The van der Waals surface area contributed by atoms with E-state index in [2.05, 4.69) is 15.0 Å². The van der Waals surface area contributed by atoms with E-state index in [4.69, 9.17) is 19.2 Å². The zero-order valence-corrected chi connectivity index (χ0v) is 33.8. The number of anilines is 4. The molecule has 304 valence electrons. The average molecular weight is 807 g/mol. The number of aromatic nitrogens is 4. The lowest BCUT2D eigenvalue weighted by Crippen LogP contribution is -2.22. The number of para-hydroxylation sites is 2. The van der Waals surface area contributed by atoms with E-state index in [9.17, 15) is 24.3 Å². The number of nitrogens with zero attached hydrogens (tertiary/aromatic N) is 6. The first kappa shape index (κ1) is 40.9. The average Bonchev–Trinajstić information content (AvgIpc) is 3.76. The Morgan fingerprint density at radius 2 is 1.03 bits per heavy atom. The van der Waals surface area contributed by atoms with E-state index in [0.29, 0.717) is 58.8 Å². The molecule has 14 nitrogen and oxygen atoms in total. The summed E-state index contributed by atoms with van der Waals surface area (Å²) in [5.74, 6) is 0.976. The van der Waals surface area contributed by atoms with Crippen LogP contribution in [0.1, 0.15) is 57.1 Å². The van der Waals surface area contributed by atoms with E-state index in [1.165, 1.54) is 12.0 Å². The molecule has 2 aromatic heterocycles. The van der Waals surface area contributed by atoms with Crippen molar-refractivity contribution in [2.45, 2.75) is 40.5 Å². The highest BCUT2D eigenvalue weighted by atomic mass is 16.5. The lowest BCUT2D eigenvalue weighted by Gasteiger charge is -2.19. The van der Waals surface area contributed by atoms with Crippen molar-refractivity contribution in [3.8, 4) is 34.3 Å². The van der Waals surface area contributed by atoms with Crippen molar-refractivity contribution in [3.05, 3.63) is 131 Å². The van der Waals surface area contributed by atoms with Gasteiger partial charge in [-0.2, -0.15) is 0 Å². The van der Waals surface area contributed by atoms with Crippen LogP contribution in [-0.4, -0.2) is 75.5 Å². The highest BCUT2D eigenvalue weighted by molar-refractivity contribution is 6.11. The summed E-state index contributed by atoms with van der Waals surface area (Å²) in [6.45, 7) is 8.64. The summed E-state index contributed by atoms with van der Waals surface area (Å²) in [5, 5.41) is 9.69. The molecule has 0 bridgehead atoms. The molecular weight excluding hydrogens is 765 g/mol. The third-order valence-corrected chi connectivity index (χ3v) is 9.85. The summed E-state index contributed by atoms with van der Waals surface area (Å²) in [7, 11) is 1.46. The van der Waals surface area contributed by atoms with Gasteiger partial charge in [0, 0.05) is 29.4 Å². The number of methoxy groups -OCH3 is 1. The van der Waals surface area contributed by atoms with Crippen LogP contribution in [0.3, 0.4) is 0 Å². The van der Waals surface area contributed by atoms with E-state index in [-0.39, 0.29) is 54.3 Å². The third kappa shape index (κ3) is 8.18. The van der Waals surface area contributed by atoms with Crippen molar-refractivity contribution in [2.75, 3.05) is 36.7 Å². The number of fused-ring (bicyclic) bond motifs is 2. The molecule has 1 N–H and O–H groups in total. The Labute approximate surface area is 346 Å². The summed E-state index contributed by atoms with van der Waals surface area (Å²) in [6.07, 6.45) is 0.0207. The van der Waals surface area contributed by atoms with Gasteiger partial charge in [-0.05, 0) is 99.5 Å². The van der Waals surface area contributed by atoms with Crippen molar-refractivity contribution in [1.82, 2.24) is 19.9 Å². The molecular formula is C46H42N6O8. The lowest BCUT2D eigenvalue weighted by molar-refractivity contribution is -0.117. The summed E-state index contributed by atoms with van der Waals surface area (Å²) in [4.78, 5) is 71.5. The minimum absolute atomic E-state index is 0.0468. The van der Waals surface area contributed by atoms with Gasteiger partial charge >= 0.3 is 5.97 Å². The van der Waals surface area contributed by atoms with Crippen LogP contribution in [0.4, 0.5) is 23.0 Å². The number of hydrogen-bond acceptors (Lipinski definition) is 11. The summed E-state index contributed by atoms with van der Waals surface area (Å²) >= 11 is 0. The number of carbonyl (C=O) groups excluding carboxylic acids is 3. The second-order valence-corrected chi connectivity index (χ2v) is 13.9. The second-order valence-electron chi connectivity index (χ2n) is 13.9. The van der Waals surface area contributed by atoms with Gasteiger partial charge in [0.05, 0.1) is 37.4 Å². The minimum Gasteiger partial charge on any atom is -0.494 e. The molecule has 60 heavy (non-hydrogen) atoms. The third-order valence-electron chi connectivity index (χ3n) is 9.85. The van der Waals surface area contributed by atoms with Gasteiger partial charge in [-0.15, -0.1) is 0 Å². The number of Topliss-reactive ketones (excluding diaryl/α,β-unsaturated/α-hetero) is 1. The number of hydrogen-bond donors (Lipinski definition) is 1. The van der Waals surface area contributed by atoms with Gasteiger partial charge in [-0.1, -0.05) is 36.4 Å². The Morgan fingerprint density at radius 3 is 1.43 bits per heavy atom. The number of ketones is 1. The van der Waals surface area contributed by atoms with Gasteiger partial charge < -0.3 is 19.3 Å². The number of carboxylic acid groups (broad SMARTS) is 1. The zero-order chi connectivity index (χ0) is 42.5. The fourth-order valence-electron chi connectivity index (χ4n) is 7.06. The molecule has 0 aliphatic carbocycles. The Bertz CT molecular complexity index is 2610. The molecule has 4 aromatic carbocycles. The van der Waals surface area contributed by atoms with Crippen LogP contribution in [0, 0.1) is 13.8 Å². The Morgan fingerprint density at radius 1 is 0.617 bits per heavy atom. The molecule has 0 saturated heterocycles. The van der Waals surface area contributed by atoms with Crippen molar-refractivity contribution in [2.24, 2.45) is 0 Å². The fourth-order valence-corrected chi connectivity index (χ4v) is 7.06. The number of carbonyl (C=O) groups is 4. The summed E-state index contributed by atoms with van der Waals surface area (Å²) in [6, 6.07) is 29.5. The largest absolute Gasteiger partial charge is 0.494 e. The van der Waals surface area contributed by atoms with Crippen molar-refractivity contribution in [3.63, 3.8) is 0 Å². The van der Waals surface area contributed by atoms with Gasteiger partial charge in [0.1, 0.15) is 35.4 Å². The predicted octanol–water partition coefficient (Wildman–Crippen LogP) is 7.67. The monoisotopic (exact) mass is 806 g/mol. The van der Waals surface area contributed by atoms with Crippen LogP contribution in [0.25, 0.3) is 22.8 Å². The van der Waals surface area contributed by atoms with Crippen molar-refractivity contribution < 1.29 is 38.5 Å². The number of ether oxygens (including phenoxy) is 3. The normalized spacial score (nSPS) is 12.8. The Hall–Kier alpha value is -7.32. The molecule has 0 saturated carbocycles. The van der Waals surface area contributed by atoms with E-state index in [1.54, 1.807) is 29.2 Å². The van der Waals surface area contributed by atoms with Gasteiger partial charge in [0.2, 0.25) is 17.6 Å². The van der Waals surface area contributed by atoms with Gasteiger partial charge in [-0.3, -0.25) is 24.2 Å². The molecule has 0 atom stereocenters. The second kappa shape index (κ2) is 17.7. The first-order chi connectivity index (χ1) is 29.0. The lowest BCUT2D eigenvalue weighted by atomic mass is 10.1. The standard InChI is InChI=1S/C24H23N3O4.C22H19N3O4/c1-4-31-17-11-9-16(10-12-17)23-25-22(20(28)14-30-3)18-13-21(29)27(24(18)26-23)19-8-6-5-7-15(19)2;1-3-29-15-10-8-14(9-11-15)20-23-19(22(27)28)16-12-18(26)25(21(16)24-20)17-7-5-4-6-13(17)2/h5-12H,4,13-14H2,1-3H3;4-11H,3,12H2,1-2H3,(H,27,28). The maximum Gasteiger partial charge on any atom is 0.355 e. The van der Waals surface area contributed by atoms with Crippen LogP contribution in [0.15, 0.2) is 97.1 Å². The predicted molar refractivity (Wildman–Crippen MR) is 224 cm³/mol. The molecule has 0 unspecified atom stereocenters. The summed E-state index contributed by atoms with van der Waals surface area (Å²) < 4.78 is 16.0. The molecule has 2 amide bonds. The topological polar surface area (TPSA) is 174 Å². The number of benzene rings is 4. The number of aryl methyl sites for hydroxylation is 2. The molecule has 6 aromatic rings. The SMILES string of the molecule is CCOc1ccc(-c2nc(C(=O)COC)c3c(n2)N(c2ccccc2C)C(=O)C3)cc1.CCOc1ccc(-c2nc(C(=O)O)c3c(n2)N(c2ccccc2C)C(=O)C3)cc1. The van der Waals surface area contributed by atoms with Crippen LogP contribution < -0.4 is 19.3 Å². The smallest absolute Gasteiger partial charge is 0.355 e. The van der Waals surface area contributed by atoms with Crippen molar-refractivity contribution in [1.29, 1.82) is 0 Å². The maximum atomic E-state index is 13.0. The van der Waals surface area contributed by atoms with Crippen LogP contribution >= 0.6 is 0 Å². The first-order valence-corrected chi connectivity index (χ1v) is 19.3. The van der Waals surface area contributed by atoms with Crippen LogP contribution in [0.2, 0.25) is 0 Å². The van der Waals surface area contributed by atoms with E-state index in [0.717, 1.165) is 28.1 Å². The first-order valence-electron chi connectivity index (χ1n) is 19.3. The highest BCUT2D eigenvalue weighted by Crippen LogP contribution is 2.40. The number of carboxylic acids is 1. The molecule has 0 spiro atoms. The number of amides is 2. The van der Waals surface area contributed by atoms with Crippen molar-refractivity contribution >= 4 is 46.6 Å². The molecule has 0 radical (unpaired) electrons. The van der Waals surface area contributed by atoms with E-state index in [1.807, 2.05) is 100 Å². The number of aromatic carboxylic acids is 1. The maximum absolute atomic E-state index is 13.0. The highest BCUT2D eigenvalue weighted by Gasteiger charge is 2.37. The molecule has 2 aliphatic rings. The zero-order valence-electron chi connectivity index (χ0n) is 33.8. The fraction of sp³-hybridized carbons (Fsp3) is 0.217. The Kier molecular flexibility index (Phi) is 12.0. The van der Waals surface area contributed by atoms with Gasteiger partial charge in [0.15, 0.2) is 17.3 Å². The molecule has 4 heterocycles. The van der Waals surface area contributed by atoms with E-state index >= 15 is 0 Å². The van der Waals surface area contributed by atoms with Gasteiger partial charge in [0.25, 0.3) is 0 Å². The Balaban J connectivity index is 0.000000182. The molecule has 14 heteroatoms. The van der Waals surface area contributed by atoms with E-state index < -0.39 is 5.97 Å². The minimum atomic E-state index is -1.18.